The monoisotopic (exact) mass is 246 g/mol. The molecule has 94 valence electrons. The average molecular weight is 246 g/mol. The first-order valence-corrected chi connectivity index (χ1v) is 5.84. The van der Waals surface area contributed by atoms with Crippen molar-refractivity contribution in [3.05, 3.63) is 30.5 Å². The molecule has 1 saturated carbocycles. The Kier molecular flexibility index (Phi) is 2.61. The highest BCUT2D eigenvalue weighted by Gasteiger charge is 2.38. The van der Waals surface area contributed by atoms with E-state index in [-0.39, 0.29) is 18.4 Å². The number of hydrogen-bond donors (Lipinski definition) is 3. The molecule has 1 aliphatic carbocycles. The maximum absolute atomic E-state index is 9.87. The number of fused-ring (bicyclic) bond motifs is 1. The zero-order valence-electron chi connectivity index (χ0n) is 9.74. The summed E-state index contributed by atoms with van der Waals surface area (Å²) in [5, 5.41) is 19.1. The number of nitrogens with zero attached hydrogens (tertiary/aromatic N) is 3. The fourth-order valence-electron chi connectivity index (χ4n) is 2.49. The van der Waals surface area contributed by atoms with Gasteiger partial charge in [0.1, 0.15) is 11.3 Å². The molecule has 0 spiro atoms. The predicted octanol–water partition coefficient (Wildman–Crippen LogP) is 0.366. The van der Waals surface area contributed by atoms with E-state index >= 15 is 0 Å². The van der Waals surface area contributed by atoms with Crippen molar-refractivity contribution in [2.75, 3.05) is 6.61 Å². The average Bonchev–Trinajstić information content (AvgIpc) is 2.93. The van der Waals surface area contributed by atoms with E-state index in [1.54, 1.807) is 12.5 Å². The Morgan fingerprint density at radius 3 is 3.00 bits per heavy atom. The molecule has 2 heterocycles. The molecule has 1 aliphatic rings. The van der Waals surface area contributed by atoms with Crippen LogP contribution in [0.25, 0.3) is 11.2 Å². The highest BCUT2D eigenvalue weighted by atomic mass is 16.3. The number of nitrogens with one attached hydrogen (secondary N) is 1. The van der Waals surface area contributed by atoms with Gasteiger partial charge < -0.3 is 15.2 Å². The van der Waals surface area contributed by atoms with Gasteiger partial charge in [-0.2, -0.15) is 0 Å². The molecule has 0 aromatic carbocycles. The quantitative estimate of drug-likeness (QED) is 0.665. The van der Waals surface area contributed by atoms with Crippen molar-refractivity contribution in [2.24, 2.45) is 5.92 Å². The number of hydrogen-bond acceptors (Lipinski definition) is 5. The Morgan fingerprint density at radius 1 is 1.44 bits per heavy atom. The van der Waals surface area contributed by atoms with Crippen LogP contribution in [0.15, 0.2) is 24.7 Å². The Labute approximate surface area is 103 Å². The largest absolute Gasteiger partial charge is 0.396 e. The van der Waals surface area contributed by atoms with Crippen LogP contribution in [-0.2, 0) is 0 Å². The number of imidazole rings is 1. The van der Waals surface area contributed by atoms with E-state index in [2.05, 4.69) is 26.5 Å². The van der Waals surface area contributed by atoms with Gasteiger partial charge in [-0.15, -0.1) is 0 Å². The van der Waals surface area contributed by atoms with Crippen LogP contribution < -0.4 is 0 Å². The summed E-state index contributed by atoms with van der Waals surface area (Å²) < 4.78 is 0. The lowest BCUT2D eigenvalue weighted by Gasteiger charge is -2.12. The first-order valence-electron chi connectivity index (χ1n) is 5.84. The molecule has 2 aromatic heterocycles. The second-order valence-electron chi connectivity index (χ2n) is 4.59. The molecular formula is C12H14N4O2. The van der Waals surface area contributed by atoms with E-state index in [4.69, 9.17) is 0 Å². The molecule has 3 atom stereocenters. The smallest absolute Gasteiger partial charge is 0.180 e. The van der Waals surface area contributed by atoms with Crippen LogP contribution in [0, 0.1) is 5.92 Å². The molecule has 3 unspecified atom stereocenters. The van der Waals surface area contributed by atoms with Gasteiger partial charge in [0.2, 0.25) is 0 Å². The molecule has 0 saturated heterocycles. The van der Waals surface area contributed by atoms with Crippen LogP contribution in [0.1, 0.15) is 18.2 Å². The van der Waals surface area contributed by atoms with E-state index in [0.29, 0.717) is 17.9 Å². The number of aromatic nitrogens is 4. The summed E-state index contributed by atoms with van der Waals surface area (Å²) in [6.07, 6.45) is 3.17. The van der Waals surface area contributed by atoms with Gasteiger partial charge in [-0.1, -0.05) is 12.2 Å². The normalized spacial score (nSPS) is 28.1. The zero-order chi connectivity index (χ0) is 12.7. The molecule has 18 heavy (non-hydrogen) atoms. The van der Waals surface area contributed by atoms with Gasteiger partial charge in [0.25, 0.3) is 0 Å². The molecule has 0 radical (unpaired) electrons. The van der Waals surface area contributed by atoms with Gasteiger partial charge >= 0.3 is 0 Å². The van der Waals surface area contributed by atoms with Crippen molar-refractivity contribution >= 4 is 11.2 Å². The topological polar surface area (TPSA) is 94.9 Å². The molecule has 1 fully saturated rings. The van der Waals surface area contributed by atoms with Gasteiger partial charge in [-0.3, -0.25) is 0 Å². The van der Waals surface area contributed by atoms with Crippen LogP contribution in [0.3, 0.4) is 0 Å². The number of aliphatic hydroxyl groups excluding tert-OH is 2. The number of rotatable bonds is 2. The lowest BCUT2D eigenvalue weighted by molar-refractivity contribution is 0.102. The van der Waals surface area contributed by atoms with E-state index < -0.39 is 6.10 Å². The van der Waals surface area contributed by atoms with E-state index in [0.717, 1.165) is 11.1 Å². The van der Waals surface area contributed by atoms with E-state index in [1.807, 2.05) is 0 Å². The lowest BCUT2D eigenvalue weighted by Crippen LogP contribution is -2.17. The summed E-state index contributed by atoms with van der Waals surface area (Å²) in [6, 6.07) is 0. The molecule has 2 aromatic rings. The second-order valence-corrected chi connectivity index (χ2v) is 4.59. The highest BCUT2D eigenvalue weighted by molar-refractivity contribution is 5.68. The SMILES string of the molecule is C=C1C(c2ncc3[nH]cnc3n2)CC(O)C1CO. The van der Waals surface area contributed by atoms with Crippen LogP contribution in [0.4, 0.5) is 0 Å². The Bertz CT molecular complexity index is 595. The minimum absolute atomic E-state index is 0.0961. The summed E-state index contributed by atoms with van der Waals surface area (Å²) in [5.41, 5.74) is 2.18. The van der Waals surface area contributed by atoms with Crippen molar-refractivity contribution in [2.45, 2.75) is 18.4 Å². The van der Waals surface area contributed by atoms with Crippen molar-refractivity contribution < 1.29 is 10.2 Å². The van der Waals surface area contributed by atoms with Crippen LogP contribution in [-0.4, -0.2) is 42.9 Å². The van der Waals surface area contributed by atoms with Gasteiger partial charge in [0.05, 0.1) is 25.2 Å². The van der Waals surface area contributed by atoms with Crippen molar-refractivity contribution in [1.29, 1.82) is 0 Å². The van der Waals surface area contributed by atoms with Gasteiger partial charge in [0, 0.05) is 11.8 Å². The Morgan fingerprint density at radius 2 is 2.28 bits per heavy atom. The van der Waals surface area contributed by atoms with Gasteiger partial charge in [-0.25, -0.2) is 15.0 Å². The standard InChI is InChI=1S/C12H14N4O2/c1-6-7(2-10(18)8(6)4-17)11-13-3-9-12(16-11)15-5-14-9/h3,5,7-8,10,17-18H,1-2,4H2,(H,13,14,15,16). The summed E-state index contributed by atoms with van der Waals surface area (Å²) >= 11 is 0. The molecule has 3 N–H and O–H groups in total. The fraction of sp³-hybridized carbons (Fsp3) is 0.417. The van der Waals surface area contributed by atoms with Crippen molar-refractivity contribution in [3.63, 3.8) is 0 Å². The van der Waals surface area contributed by atoms with E-state index in [1.165, 1.54) is 0 Å². The van der Waals surface area contributed by atoms with Crippen molar-refractivity contribution in [1.82, 2.24) is 19.9 Å². The third-order valence-electron chi connectivity index (χ3n) is 3.57. The number of H-pyrrole nitrogens is 1. The highest BCUT2D eigenvalue weighted by Crippen LogP contribution is 2.40. The fourth-order valence-corrected chi connectivity index (χ4v) is 2.49. The lowest BCUT2D eigenvalue weighted by atomic mass is 9.98. The minimum atomic E-state index is -0.578. The zero-order valence-corrected chi connectivity index (χ0v) is 9.74. The Hall–Kier alpha value is -1.79. The molecule has 6 nitrogen and oxygen atoms in total. The third kappa shape index (κ3) is 1.61. The minimum Gasteiger partial charge on any atom is -0.396 e. The second kappa shape index (κ2) is 4.15. The number of aliphatic hydroxyl groups is 2. The molecule has 6 heteroatoms. The molecule has 0 amide bonds. The first kappa shape index (κ1) is 11.3. The van der Waals surface area contributed by atoms with E-state index in [9.17, 15) is 10.2 Å². The van der Waals surface area contributed by atoms with Crippen molar-refractivity contribution in [3.8, 4) is 0 Å². The third-order valence-corrected chi connectivity index (χ3v) is 3.57. The molecule has 3 rings (SSSR count). The molecule has 0 aliphatic heterocycles. The maximum Gasteiger partial charge on any atom is 0.180 e. The molecule has 0 bridgehead atoms. The van der Waals surface area contributed by atoms with Crippen LogP contribution in [0.2, 0.25) is 0 Å². The Balaban J connectivity index is 1.97. The van der Waals surface area contributed by atoms with Crippen LogP contribution in [0.5, 0.6) is 0 Å². The molecular weight excluding hydrogens is 232 g/mol. The van der Waals surface area contributed by atoms with Gasteiger partial charge in [-0.05, 0) is 6.42 Å². The summed E-state index contributed by atoms with van der Waals surface area (Å²) in [4.78, 5) is 15.7. The maximum atomic E-state index is 9.87. The van der Waals surface area contributed by atoms with Crippen LogP contribution >= 0.6 is 0 Å². The summed E-state index contributed by atoms with van der Waals surface area (Å²) in [7, 11) is 0. The summed E-state index contributed by atoms with van der Waals surface area (Å²) in [6.45, 7) is 3.86. The summed E-state index contributed by atoms with van der Waals surface area (Å²) in [5.74, 6) is 0.210. The predicted molar refractivity (Wildman–Crippen MR) is 64.8 cm³/mol. The van der Waals surface area contributed by atoms with Gasteiger partial charge in [0.15, 0.2) is 5.65 Å². The number of aromatic amines is 1. The first-order chi connectivity index (χ1) is 8.70.